The Morgan fingerprint density at radius 2 is 1.74 bits per heavy atom. The number of hydrogen-bond donors (Lipinski definition) is 4. The van der Waals surface area contributed by atoms with Crippen LogP contribution < -0.4 is 4.74 Å². The van der Waals surface area contributed by atoms with Crippen LogP contribution in [0.1, 0.15) is 39.8 Å². The van der Waals surface area contributed by atoms with E-state index in [1.54, 1.807) is 0 Å². The van der Waals surface area contributed by atoms with Gasteiger partial charge in [-0.2, -0.15) is 0 Å². The van der Waals surface area contributed by atoms with Crippen LogP contribution in [0.4, 0.5) is 0 Å². The summed E-state index contributed by atoms with van der Waals surface area (Å²) in [6, 6.07) is 10.3. The van der Waals surface area contributed by atoms with Gasteiger partial charge in [-0.15, -0.1) is 0 Å². The first kappa shape index (κ1) is 20.9. The second-order valence-electron chi connectivity index (χ2n) is 8.42. The lowest BCUT2D eigenvalue weighted by atomic mass is 9.87. The molecule has 1 aliphatic carbocycles. The number of benzene rings is 2. The van der Waals surface area contributed by atoms with Crippen LogP contribution in [0.2, 0.25) is 5.02 Å². The van der Waals surface area contributed by atoms with Crippen LogP contribution >= 0.6 is 11.6 Å². The third kappa shape index (κ3) is 3.78. The molecule has 3 aliphatic rings. The maximum Gasteiger partial charge on any atom is 0.141 e. The second kappa shape index (κ2) is 8.20. The minimum Gasteiger partial charge on any atom is -0.491 e. The fraction of sp³-hybridized carbons (Fsp3) is 0.417. The fourth-order valence-corrected chi connectivity index (χ4v) is 4.80. The van der Waals surface area contributed by atoms with Gasteiger partial charge < -0.3 is 29.9 Å². The monoisotopic (exact) mass is 444 g/mol. The molecule has 6 nitrogen and oxygen atoms in total. The topological polar surface area (TPSA) is 99.4 Å². The van der Waals surface area contributed by atoms with Crippen molar-refractivity contribution < 1.29 is 29.9 Å². The fourth-order valence-electron chi connectivity index (χ4n) is 4.51. The zero-order valence-electron chi connectivity index (χ0n) is 16.8. The minimum absolute atomic E-state index is 0.448. The summed E-state index contributed by atoms with van der Waals surface area (Å²) < 4.78 is 11.6. The van der Waals surface area contributed by atoms with Crippen molar-refractivity contribution >= 4 is 11.6 Å². The van der Waals surface area contributed by atoms with E-state index in [4.69, 9.17) is 21.1 Å². The molecular formula is C24H25ClO6. The largest absolute Gasteiger partial charge is 0.491 e. The zero-order chi connectivity index (χ0) is 21.7. The normalized spacial score (nSPS) is 29.6. The van der Waals surface area contributed by atoms with Crippen molar-refractivity contribution in [2.45, 2.75) is 49.3 Å². The Bertz CT molecular complexity index is 996. The van der Waals surface area contributed by atoms with Gasteiger partial charge in [0, 0.05) is 17.9 Å². The van der Waals surface area contributed by atoms with Crippen LogP contribution in [0.3, 0.4) is 0 Å². The molecule has 5 atom stereocenters. The summed E-state index contributed by atoms with van der Waals surface area (Å²) in [5.74, 6) is 1.02. The highest BCUT2D eigenvalue weighted by molar-refractivity contribution is 6.33. The van der Waals surface area contributed by atoms with Gasteiger partial charge in [-0.3, -0.25) is 0 Å². The molecule has 1 fully saturated rings. The number of allylic oxidation sites excluding steroid dienone is 2. The van der Waals surface area contributed by atoms with Crippen molar-refractivity contribution in [3.63, 3.8) is 0 Å². The molecule has 31 heavy (non-hydrogen) atoms. The summed E-state index contributed by atoms with van der Waals surface area (Å²) in [5, 5.41) is 41.1. The third-order valence-corrected chi connectivity index (χ3v) is 6.79. The first-order valence-electron chi connectivity index (χ1n) is 10.5. The molecule has 0 unspecified atom stereocenters. The van der Waals surface area contributed by atoms with Crippen molar-refractivity contribution in [1.82, 2.24) is 0 Å². The standard InChI is InChI=1S/C24H25ClO6/c25-19-15(9-12-1-3-13(4-2-12)14-5-6-14)10-17(16-7-8-30-23(16)19)24-22(29)21(28)20(27)18(11-26)31-24/h1-6,10,14,18,20-22,24,26-29H,7-9,11H2/t18-,20-,21+,22-,24+/m1/s1. The van der Waals surface area contributed by atoms with Gasteiger partial charge in [0.25, 0.3) is 0 Å². The van der Waals surface area contributed by atoms with E-state index in [-0.39, 0.29) is 0 Å². The number of ether oxygens (including phenoxy) is 2. The lowest BCUT2D eigenvalue weighted by Crippen LogP contribution is -2.55. The highest BCUT2D eigenvalue weighted by atomic mass is 35.5. The molecule has 4 N–H and O–H groups in total. The van der Waals surface area contributed by atoms with Gasteiger partial charge in [0.05, 0.1) is 18.2 Å². The molecule has 0 saturated carbocycles. The van der Waals surface area contributed by atoms with Gasteiger partial charge in [-0.25, -0.2) is 0 Å². The average Bonchev–Trinajstić information content (AvgIpc) is 3.51. The van der Waals surface area contributed by atoms with Crippen LogP contribution in [-0.2, 0) is 17.6 Å². The van der Waals surface area contributed by atoms with Crippen molar-refractivity contribution in [2.75, 3.05) is 13.2 Å². The van der Waals surface area contributed by atoms with Crippen LogP contribution in [0.5, 0.6) is 5.75 Å². The highest BCUT2D eigenvalue weighted by Crippen LogP contribution is 2.44. The molecule has 2 aromatic carbocycles. The van der Waals surface area contributed by atoms with E-state index in [1.165, 1.54) is 5.56 Å². The molecule has 0 aromatic heterocycles. The van der Waals surface area contributed by atoms with Crippen molar-refractivity contribution in [2.24, 2.45) is 0 Å². The van der Waals surface area contributed by atoms with Crippen molar-refractivity contribution in [1.29, 1.82) is 0 Å². The number of aliphatic hydroxyl groups is 4. The number of fused-ring (bicyclic) bond motifs is 1. The third-order valence-electron chi connectivity index (χ3n) is 6.37. The Hall–Kier alpha value is -1.93. The Balaban J connectivity index is 1.50. The van der Waals surface area contributed by atoms with Gasteiger partial charge in [0.1, 0.15) is 36.3 Å². The smallest absolute Gasteiger partial charge is 0.141 e. The van der Waals surface area contributed by atoms with E-state index in [1.807, 2.05) is 6.07 Å². The summed E-state index contributed by atoms with van der Waals surface area (Å²) in [5.41, 5.74) is 4.67. The predicted molar refractivity (Wildman–Crippen MR) is 115 cm³/mol. The Morgan fingerprint density at radius 1 is 1.00 bits per heavy atom. The molecule has 164 valence electrons. The molecular weight excluding hydrogens is 420 g/mol. The summed E-state index contributed by atoms with van der Waals surface area (Å²) in [6.45, 7) is -0.00516. The molecule has 2 aliphatic heterocycles. The lowest BCUT2D eigenvalue weighted by Gasteiger charge is -2.40. The lowest BCUT2D eigenvalue weighted by molar-refractivity contribution is -0.231. The molecule has 0 bridgehead atoms. The highest BCUT2D eigenvalue weighted by Gasteiger charge is 2.45. The molecule has 7 heteroatoms. The first-order valence-corrected chi connectivity index (χ1v) is 10.9. The van der Waals surface area contributed by atoms with Gasteiger partial charge >= 0.3 is 0 Å². The van der Waals surface area contributed by atoms with E-state index in [9.17, 15) is 20.4 Å². The predicted octanol–water partition coefficient (Wildman–Crippen LogP) is 2.03. The second-order valence-corrected chi connectivity index (χ2v) is 8.80. The van der Waals surface area contributed by atoms with Gasteiger partial charge in [0.2, 0.25) is 0 Å². The quantitative estimate of drug-likeness (QED) is 0.527. The molecule has 0 radical (unpaired) electrons. The number of rotatable bonds is 5. The summed E-state index contributed by atoms with van der Waals surface area (Å²) in [4.78, 5) is 0. The SMILES string of the molecule is OC[C@H]1O[C@@H](c2cc(Cc3ccc(C4C=C4)cc3)c(Cl)c3c2CCO3)[C@H](O)[C@@H](O)[C@@H]1O. The summed E-state index contributed by atoms with van der Waals surface area (Å²) in [7, 11) is 0. The van der Waals surface area contributed by atoms with E-state index < -0.39 is 37.1 Å². The van der Waals surface area contributed by atoms with Gasteiger partial charge in [0.15, 0.2) is 0 Å². The van der Waals surface area contributed by atoms with Crippen LogP contribution in [0, 0.1) is 0 Å². The minimum atomic E-state index is -1.43. The van der Waals surface area contributed by atoms with Gasteiger partial charge in [-0.05, 0) is 28.7 Å². The molecule has 1 saturated heterocycles. The van der Waals surface area contributed by atoms with E-state index in [0.717, 1.165) is 16.7 Å². The number of aliphatic hydroxyl groups excluding tert-OH is 4. The zero-order valence-corrected chi connectivity index (χ0v) is 17.6. The van der Waals surface area contributed by atoms with E-state index >= 15 is 0 Å². The van der Waals surface area contributed by atoms with E-state index in [2.05, 4.69) is 36.4 Å². The maximum absolute atomic E-state index is 10.6. The molecule has 2 aromatic rings. The molecule has 0 amide bonds. The summed E-state index contributed by atoms with van der Waals surface area (Å²) in [6.07, 6.45) is -0.590. The molecule has 0 spiro atoms. The van der Waals surface area contributed by atoms with Crippen LogP contribution in [0.25, 0.3) is 0 Å². The van der Waals surface area contributed by atoms with Gasteiger partial charge in [-0.1, -0.05) is 54.1 Å². The Morgan fingerprint density at radius 3 is 2.42 bits per heavy atom. The number of halogens is 1. The first-order chi connectivity index (χ1) is 15.0. The summed E-state index contributed by atoms with van der Waals surface area (Å²) >= 11 is 6.68. The Labute approximate surface area is 185 Å². The molecule has 5 rings (SSSR count). The molecule has 2 heterocycles. The van der Waals surface area contributed by atoms with E-state index in [0.29, 0.717) is 41.7 Å². The van der Waals surface area contributed by atoms with Crippen molar-refractivity contribution in [3.05, 3.63) is 75.3 Å². The average molecular weight is 445 g/mol. The van der Waals surface area contributed by atoms with Crippen molar-refractivity contribution in [3.8, 4) is 5.75 Å². The van der Waals surface area contributed by atoms with Crippen LogP contribution in [0.15, 0.2) is 42.5 Å². The van der Waals surface area contributed by atoms with Crippen LogP contribution in [-0.4, -0.2) is 58.1 Å². The number of hydrogen-bond acceptors (Lipinski definition) is 6. The maximum atomic E-state index is 10.6. The Kier molecular flexibility index (Phi) is 5.54.